The Morgan fingerprint density at radius 1 is 1.25 bits per heavy atom. The maximum absolute atomic E-state index is 13.6. The van der Waals surface area contributed by atoms with E-state index in [9.17, 15) is 4.39 Å². The molecule has 0 N–H and O–H groups in total. The Morgan fingerprint density at radius 3 is 2.90 bits per heavy atom. The van der Waals surface area contributed by atoms with Crippen molar-refractivity contribution in [3.8, 4) is 0 Å². The van der Waals surface area contributed by atoms with E-state index in [1.54, 1.807) is 12.1 Å². The molecule has 2 saturated heterocycles. The fraction of sp³-hybridized carbons (Fsp3) is 0.647. The normalized spacial score (nSPS) is 27.4. The number of piperidine rings is 1. The van der Waals surface area contributed by atoms with E-state index in [1.807, 2.05) is 6.07 Å². The van der Waals surface area contributed by atoms with Crippen molar-refractivity contribution in [1.29, 1.82) is 0 Å². The van der Waals surface area contributed by atoms with Gasteiger partial charge >= 0.3 is 0 Å². The van der Waals surface area contributed by atoms with Gasteiger partial charge in [0.2, 0.25) is 0 Å². The van der Waals surface area contributed by atoms with Crippen molar-refractivity contribution < 1.29 is 4.39 Å². The fourth-order valence-electron chi connectivity index (χ4n) is 3.79. The third-order valence-corrected chi connectivity index (χ3v) is 4.99. The molecule has 1 aromatic rings. The Bertz CT molecular complexity index is 474. The molecule has 0 bridgehead atoms. The van der Waals surface area contributed by atoms with E-state index in [0.717, 1.165) is 25.2 Å². The van der Waals surface area contributed by atoms with E-state index in [2.05, 4.69) is 23.6 Å². The lowest BCUT2D eigenvalue weighted by atomic mass is 9.94. The minimum atomic E-state index is -0.119. The fourth-order valence-corrected chi connectivity index (χ4v) is 3.79. The average Bonchev–Trinajstić information content (AvgIpc) is 2.48. The molecule has 2 fully saturated rings. The van der Waals surface area contributed by atoms with Gasteiger partial charge in [-0.25, -0.2) is 4.39 Å². The van der Waals surface area contributed by atoms with Crippen molar-refractivity contribution in [3.63, 3.8) is 0 Å². The third kappa shape index (κ3) is 2.56. The Kier molecular flexibility index (Phi) is 3.97. The van der Waals surface area contributed by atoms with Crippen LogP contribution in [0.15, 0.2) is 18.2 Å². The van der Waals surface area contributed by atoms with E-state index < -0.39 is 0 Å². The van der Waals surface area contributed by atoms with Gasteiger partial charge in [-0.2, -0.15) is 0 Å². The molecule has 3 heteroatoms. The summed E-state index contributed by atoms with van der Waals surface area (Å²) < 4.78 is 13.6. The van der Waals surface area contributed by atoms with E-state index in [4.69, 9.17) is 0 Å². The first-order valence-electron chi connectivity index (χ1n) is 7.96. The maximum atomic E-state index is 13.6. The van der Waals surface area contributed by atoms with Gasteiger partial charge in [0.1, 0.15) is 5.82 Å². The minimum Gasteiger partial charge on any atom is -0.365 e. The molecular formula is C17H25FN2. The number of rotatable bonds is 2. The molecule has 2 aliphatic heterocycles. The summed E-state index contributed by atoms with van der Waals surface area (Å²) in [5, 5.41) is 0. The molecule has 0 radical (unpaired) electrons. The molecule has 2 aliphatic rings. The standard InChI is InChI=1S/C17H25FN2/c1-3-15-11-19-9-5-4-6-16(19)12-20(15)17-10-14(18)8-7-13(17)2/h7-8,10,15-16H,3-6,9,11-12H2,1-2H3. The van der Waals surface area contributed by atoms with Crippen LogP contribution in [0.25, 0.3) is 0 Å². The molecule has 0 amide bonds. The lowest BCUT2D eigenvalue weighted by molar-refractivity contribution is 0.111. The first-order valence-corrected chi connectivity index (χ1v) is 7.96. The van der Waals surface area contributed by atoms with Crippen molar-refractivity contribution in [2.45, 2.75) is 51.6 Å². The van der Waals surface area contributed by atoms with Crippen LogP contribution in [0.1, 0.15) is 38.2 Å². The molecule has 2 heterocycles. The molecule has 2 unspecified atom stereocenters. The van der Waals surface area contributed by atoms with Crippen molar-refractivity contribution in [2.75, 3.05) is 24.5 Å². The van der Waals surface area contributed by atoms with Crippen molar-refractivity contribution in [3.05, 3.63) is 29.6 Å². The van der Waals surface area contributed by atoms with Crippen LogP contribution in [0.4, 0.5) is 10.1 Å². The molecule has 1 aromatic carbocycles. The molecular weight excluding hydrogens is 251 g/mol. The zero-order valence-electron chi connectivity index (χ0n) is 12.6. The molecule has 3 rings (SSSR count). The Morgan fingerprint density at radius 2 is 2.10 bits per heavy atom. The minimum absolute atomic E-state index is 0.119. The summed E-state index contributed by atoms with van der Waals surface area (Å²) in [5.41, 5.74) is 2.29. The van der Waals surface area contributed by atoms with Gasteiger partial charge in [-0.1, -0.05) is 19.4 Å². The van der Waals surface area contributed by atoms with E-state index in [0.29, 0.717) is 12.1 Å². The quantitative estimate of drug-likeness (QED) is 0.814. The molecule has 2 nitrogen and oxygen atoms in total. The summed E-state index contributed by atoms with van der Waals surface area (Å²) in [5.74, 6) is -0.119. The van der Waals surface area contributed by atoms with E-state index >= 15 is 0 Å². The summed E-state index contributed by atoms with van der Waals surface area (Å²) in [7, 11) is 0. The Hall–Kier alpha value is -1.09. The van der Waals surface area contributed by atoms with Crippen molar-refractivity contribution in [1.82, 2.24) is 4.90 Å². The number of nitrogens with zero attached hydrogens (tertiary/aromatic N) is 2. The topological polar surface area (TPSA) is 6.48 Å². The summed E-state index contributed by atoms with van der Waals surface area (Å²) >= 11 is 0. The highest BCUT2D eigenvalue weighted by Gasteiger charge is 2.34. The number of anilines is 1. The van der Waals surface area contributed by atoms with Crippen LogP contribution in [0.2, 0.25) is 0 Å². The number of aryl methyl sites for hydroxylation is 1. The second-order valence-corrected chi connectivity index (χ2v) is 6.29. The zero-order valence-corrected chi connectivity index (χ0v) is 12.6. The van der Waals surface area contributed by atoms with Crippen LogP contribution in [-0.2, 0) is 0 Å². The summed E-state index contributed by atoms with van der Waals surface area (Å²) in [6, 6.07) is 6.37. The van der Waals surface area contributed by atoms with Crippen LogP contribution in [-0.4, -0.2) is 36.6 Å². The number of hydrogen-bond donors (Lipinski definition) is 0. The monoisotopic (exact) mass is 276 g/mol. The predicted molar refractivity (Wildman–Crippen MR) is 81.8 cm³/mol. The number of hydrogen-bond acceptors (Lipinski definition) is 2. The lowest BCUT2D eigenvalue weighted by Gasteiger charge is -2.49. The van der Waals surface area contributed by atoms with Crippen LogP contribution >= 0.6 is 0 Å². The van der Waals surface area contributed by atoms with Crippen LogP contribution < -0.4 is 4.90 Å². The molecule has 20 heavy (non-hydrogen) atoms. The van der Waals surface area contributed by atoms with E-state index in [1.165, 1.54) is 31.4 Å². The Labute approximate surface area is 121 Å². The number of piperazine rings is 1. The second-order valence-electron chi connectivity index (χ2n) is 6.29. The molecule has 0 saturated carbocycles. The first-order chi connectivity index (χ1) is 9.69. The molecule has 2 atom stereocenters. The van der Waals surface area contributed by atoms with Crippen molar-refractivity contribution >= 4 is 5.69 Å². The highest BCUT2D eigenvalue weighted by Crippen LogP contribution is 2.31. The highest BCUT2D eigenvalue weighted by molar-refractivity contribution is 5.55. The number of fused-ring (bicyclic) bond motifs is 1. The summed E-state index contributed by atoms with van der Waals surface area (Å²) in [6.45, 7) is 7.78. The second kappa shape index (κ2) is 5.72. The zero-order chi connectivity index (χ0) is 14.1. The predicted octanol–water partition coefficient (Wildman–Crippen LogP) is 3.59. The van der Waals surface area contributed by atoms with Crippen molar-refractivity contribution in [2.24, 2.45) is 0 Å². The van der Waals surface area contributed by atoms with Gasteiger partial charge in [-0.05, 0) is 50.4 Å². The van der Waals surface area contributed by atoms with Gasteiger partial charge in [0.25, 0.3) is 0 Å². The van der Waals surface area contributed by atoms with E-state index in [-0.39, 0.29) is 5.82 Å². The molecule has 0 aliphatic carbocycles. The molecule has 0 aromatic heterocycles. The SMILES string of the molecule is CCC1CN2CCCCC2CN1c1cc(F)ccc1C. The number of halogens is 1. The van der Waals surface area contributed by atoms with Crippen LogP contribution in [0, 0.1) is 12.7 Å². The van der Waals surface area contributed by atoms with Gasteiger partial charge in [0.15, 0.2) is 0 Å². The summed E-state index contributed by atoms with van der Waals surface area (Å²) in [6.07, 6.45) is 5.10. The lowest BCUT2D eigenvalue weighted by Crippen LogP contribution is -2.59. The average molecular weight is 276 g/mol. The number of benzene rings is 1. The first kappa shape index (κ1) is 13.9. The Balaban J connectivity index is 1.88. The van der Waals surface area contributed by atoms with Gasteiger partial charge < -0.3 is 4.90 Å². The third-order valence-electron chi connectivity index (χ3n) is 4.99. The van der Waals surface area contributed by atoms with Gasteiger partial charge in [-0.3, -0.25) is 4.90 Å². The maximum Gasteiger partial charge on any atom is 0.125 e. The van der Waals surface area contributed by atoms with Gasteiger partial charge in [-0.15, -0.1) is 0 Å². The van der Waals surface area contributed by atoms with Gasteiger partial charge in [0.05, 0.1) is 0 Å². The van der Waals surface area contributed by atoms with Gasteiger partial charge in [0, 0.05) is 30.9 Å². The molecule has 0 spiro atoms. The summed E-state index contributed by atoms with van der Waals surface area (Å²) in [4.78, 5) is 5.12. The molecule has 110 valence electrons. The highest BCUT2D eigenvalue weighted by atomic mass is 19.1. The van der Waals surface area contributed by atoms with Crippen LogP contribution in [0.3, 0.4) is 0 Å². The smallest absolute Gasteiger partial charge is 0.125 e. The largest absolute Gasteiger partial charge is 0.365 e. The van der Waals surface area contributed by atoms with Crippen LogP contribution in [0.5, 0.6) is 0 Å².